The molecule has 0 bridgehead atoms. The van der Waals surface area contributed by atoms with E-state index >= 15 is 0 Å². The van der Waals surface area contributed by atoms with Crippen LogP contribution in [0, 0.1) is 10.2 Å². The van der Waals surface area contributed by atoms with Gasteiger partial charge in [0.1, 0.15) is 18.1 Å². The number of rotatable bonds is 5. The van der Waals surface area contributed by atoms with Crippen molar-refractivity contribution in [3.8, 4) is 22.6 Å². The molecular formula is C21H22ClNO5. The normalized spacial score (nSPS) is 10.8. The largest absolute Gasteiger partial charge is 0.456 e. The summed E-state index contributed by atoms with van der Waals surface area (Å²) in [6, 6.07) is 24.6. The fraction of sp³-hybridized carbons (Fsp3) is 0.190. The van der Waals surface area contributed by atoms with E-state index in [-0.39, 0.29) is 0 Å². The summed E-state index contributed by atoms with van der Waals surface area (Å²) in [5.41, 5.74) is 2.17. The first-order chi connectivity index (χ1) is 13.4. The summed E-state index contributed by atoms with van der Waals surface area (Å²) in [6.07, 6.45) is 2.34. The van der Waals surface area contributed by atoms with Gasteiger partial charge in [-0.15, -0.1) is 10.2 Å². The minimum atomic E-state index is -4.94. The van der Waals surface area contributed by atoms with Gasteiger partial charge in [-0.05, 0) is 0 Å². The Morgan fingerprint density at radius 1 is 0.786 bits per heavy atom. The maximum Gasteiger partial charge on any atom is 0.205 e. The van der Waals surface area contributed by atoms with Crippen LogP contribution in [-0.4, -0.2) is 6.54 Å². The molecule has 0 saturated heterocycles. The van der Waals surface area contributed by atoms with Gasteiger partial charge in [0.05, 0.1) is 12.1 Å². The molecule has 0 aliphatic heterocycles. The molecular weight excluding hydrogens is 382 g/mol. The summed E-state index contributed by atoms with van der Waals surface area (Å²) >= 11 is 0. The third kappa shape index (κ3) is 8.04. The van der Waals surface area contributed by atoms with Gasteiger partial charge < -0.3 is 4.42 Å². The second-order valence-corrected chi connectivity index (χ2v) is 6.72. The molecule has 3 rings (SSSR count). The maximum atomic E-state index is 8.49. The first kappa shape index (κ1) is 21.8. The Labute approximate surface area is 165 Å². The zero-order valence-electron chi connectivity index (χ0n) is 15.5. The lowest BCUT2D eigenvalue weighted by Gasteiger charge is -2.17. The lowest BCUT2D eigenvalue weighted by atomic mass is 10.1. The van der Waals surface area contributed by atoms with Crippen LogP contribution in [0.3, 0.4) is 0 Å². The van der Waals surface area contributed by atoms with Gasteiger partial charge in [-0.3, -0.25) is 0 Å². The Morgan fingerprint density at radius 2 is 1.21 bits per heavy atom. The third-order valence-electron chi connectivity index (χ3n) is 3.77. The number of benzene rings is 2. The molecule has 28 heavy (non-hydrogen) atoms. The minimum absolute atomic E-state index is 0.881. The van der Waals surface area contributed by atoms with E-state index in [0.717, 1.165) is 41.0 Å². The average Bonchev–Trinajstić information content (AvgIpc) is 2.68. The molecule has 2 aromatic carbocycles. The summed E-state index contributed by atoms with van der Waals surface area (Å²) in [5, 5.41) is 1.10. The minimum Gasteiger partial charge on any atom is -0.456 e. The molecule has 6 nitrogen and oxygen atoms in total. The van der Waals surface area contributed by atoms with Gasteiger partial charge in [-0.1, -0.05) is 74.0 Å². The molecule has 0 aliphatic carbocycles. The quantitative estimate of drug-likeness (QED) is 0.527. The number of nitrogens with one attached hydrogen (secondary N) is 1. The monoisotopic (exact) mass is 403 g/mol. The van der Waals surface area contributed by atoms with E-state index in [4.69, 9.17) is 23.1 Å². The molecule has 0 aliphatic rings. The van der Waals surface area contributed by atoms with Crippen molar-refractivity contribution in [3.05, 3.63) is 78.2 Å². The third-order valence-corrected chi connectivity index (χ3v) is 3.77. The molecule has 0 amide bonds. The van der Waals surface area contributed by atoms with Crippen molar-refractivity contribution >= 4 is 0 Å². The van der Waals surface area contributed by atoms with Gasteiger partial charge in [-0.25, -0.2) is 23.6 Å². The van der Waals surface area contributed by atoms with E-state index < -0.39 is 10.2 Å². The topological polar surface area (TPSA) is 119 Å². The molecule has 0 atom stereocenters. The van der Waals surface area contributed by atoms with Gasteiger partial charge in [-0.2, -0.15) is 0 Å². The molecule has 1 aromatic heterocycles. The fourth-order valence-corrected chi connectivity index (χ4v) is 2.50. The molecule has 3 aromatic rings. The van der Waals surface area contributed by atoms with Gasteiger partial charge in [0.15, 0.2) is 0 Å². The van der Waals surface area contributed by atoms with E-state index in [2.05, 4.69) is 48.3 Å². The van der Waals surface area contributed by atoms with Crippen molar-refractivity contribution in [1.82, 2.24) is 0 Å². The number of hydrogen-bond acceptors (Lipinski definition) is 5. The van der Waals surface area contributed by atoms with Crippen LogP contribution < -0.4 is 29.0 Å². The highest BCUT2D eigenvalue weighted by atomic mass is 35.7. The van der Waals surface area contributed by atoms with Crippen LogP contribution in [0.1, 0.15) is 19.8 Å². The second kappa shape index (κ2) is 10.8. The van der Waals surface area contributed by atoms with Crippen LogP contribution in [0.4, 0.5) is 0 Å². The molecule has 1 heterocycles. The van der Waals surface area contributed by atoms with Gasteiger partial charge in [0, 0.05) is 17.5 Å². The standard InChI is InChI=1S/C21H21NO.ClHO4/c1-2-3-14-22-19-15-20(17-10-6-4-7-11-17)23-21(16-19)18-12-8-5-9-13-18;2-1(3,4)5/h4-13,15-16H,2-3,14H2,1H3;(H,2,3,4,5). The Hall–Kier alpha value is -2.48. The van der Waals surface area contributed by atoms with Crippen molar-refractivity contribution in [3.63, 3.8) is 0 Å². The van der Waals surface area contributed by atoms with Crippen LogP contribution in [0.5, 0.6) is 0 Å². The molecule has 0 saturated carbocycles. The Bertz CT molecular complexity index is 839. The summed E-state index contributed by atoms with van der Waals surface area (Å²) in [4.78, 5) is 3.51. The molecule has 0 spiro atoms. The zero-order chi connectivity index (χ0) is 20.4. The van der Waals surface area contributed by atoms with E-state index in [1.54, 1.807) is 0 Å². The average molecular weight is 404 g/mol. The first-order valence-corrected chi connectivity index (χ1v) is 10.0. The molecule has 148 valence electrons. The molecule has 1 N–H and O–H groups in total. The molecule has 0 fully saturated rings. The van der Waals surface area contributed by atoms with Crippen molar-refractivity contribution in [1.29, 1.82) is 0 Å². The fourth-order valence-electron chi connectivity index (χ4n) is 2.50. The van der Waals surface area contributed by atoms with E-state index in [1.807, 2.05) is 36.4 Å². The highest BCUT2D eigenvalue weighted by molar-refractivity contribution is 5.62. The SMILES string of the molecule is CCCC[NH+]=c1cc(-c2ccccc2)oc(-c2ccccc2)c1.[O-][Cl+3]([O-])([O-])[O-]. The predicted molar refractivity (Wildman–Crippen MR) is 93.5 cm³/mol. The summed E-state index contributed by atoms with van der Waals surface area (Å²) in [6.45, 7) is 3.18. The van der Waals surface area contributed by atoms with Crippen LogP contribution in [0.15, 0.2) is 77.2 Å². The molecule has 0 unspecified atom stereocenters. The Balaban J connectivity index is 0.000000500. The lowest BCUT2D eigenvalue weighted by molar-refractivity contribution is -2.00. The van der Waals surface area contributed by atoms with Gasteiger partial charge in [0.2, 0.25) is 5.36 Å². The van der Waals surface area contributed by atoms with E-state index in [0.29, 0.717) is 0 Å². The highest BCUT2D eigenvalue weighted by Crippen LogP contribution is 2.24. The van der Waals surface area contributed by atoms with Crippen LogP contribution in [0.25, 0.3) is 22.6 Å². The molecule has 7 heteroatoms. The number of halogens is 1. The van der Waals surface area contributed by atoms with Crippen molar-refractivity contribution < 1.29 is 38.3 Å². The summed E-state index contributed by atoms with van der Waals surface area (Å²) < 4.78 is 40.1. The second-order valence-electron chi connectivity index (χ2n) is 5.96. The Kier molecular flexibility index (Phi) is 8.38. The predicted octanol–water partition coefficient (Wildman–Crippen LogP) is -1.36. The summed E-state index contributed by atoms with van der Waals surface area (Å²) in [7, 11) is -4.94. The summed E-state index contributed by atoms with van der Waals surface area (Å²) in [5.74, 6) is 1.76. The highest BCUT2D eigenvalue weighted by Gasteiger charge is 2.08. The van der Waals surface area contributed by atoms with Gasteiger partial charge >= 0.3 is 0 Å². The number of hydrogen-bond donors (Lipinski definition) is 1. The van der Waals surface area contributed by atoms with Crippen molar-refractivity contribution in [2.24, 2.45) is 0 Å². The van der Waals surface area contributed by atoms with E-state index in [9.17, 15) is 0 Å². The van der Waals surface area contributed by atoms with E-state index in [1.165, 1.54) is 6.42 Å². The van der Waals surface area contributed by atoms with Gasteiger partial charge in [0.25, 0.3) is 0 Å². The van der Waals surface area contributed by atoms with Crippen LogP contribution in [-0.2, 0) is 0 Å². The smallest absolute Gasteiger partial charge is 0.205 e. The lowest BCUT2D eigenvalue weighted by Crippen LogP contribution is -2.76. The van der Waals surface area contributed by atoms with Crippen molar-refractivity contribution in [2.75, 3.05) is 6.54 Å². The number of unbranched alkanes of at least 4 members (excludes halogenated alkanes) is 1. The Morgan fingerprint density at radius 3 is 1.61 bits per heavy atom. The first-order valence-electron chi connectivity index (χ1n) is 8.81. The van der Waals surface area contributed by atoms with Crippen LogP contribution >= 0.6 is 0 Å². The molecule has 0 radical (unpaired) electrons. The van der Waals surface area contributed by atoms with Crippen molar-refractivity contribution in [2.45, 2.75) is 19.8 Å². The zero-order valence-corrected chi connectivity index (χ0v) is 16.2. The van der Waals surface area contributed by atoms with Crippen LogP contribution in [0.2, 0.25) is 0 Å². The maximum absolute atomic E-state index is 8.49.